The zero-order valence-electron chi connectivity index (χ0n) is 11.1. The molecule has 1 amide bonds. The van der Waals surface area contributed by atoms with Gasteiger partial charge in [0.25, 0.3) is 0 Å². The second-order valence-corrected chi connectivity index (χ2v) is 4.04. The quantitative estimate of drug-likeness (QED) is 0.741. The molecule has 0 atom stereocenters. The van der Waals surface area contributed by atoms with E-state index in [0.29, 0.717) is 18.5 Å². The molecule has 106 valence electrons. The average Bonchev–Trinajstić information content (AvgIpc) is 2.37. The highest BCUT2D eigenvalue weighted by molar-refractivity contribution is 5.75. The average molecular weight is 272 g/mol. The van der Waals surface area contributed by atoms with E-state index in [4.69, 9.17) is 4.74 Å². The Morgan fingerprint density at radius 2 is 1.89 bits per heavy atom. The first-order valence-corrected chi connectivity index (χ1v) is 6.04. The van der Waals surface area contributed by atoms with Gasteiger partial charge in [-0.3, -0.25) is 4.79 Å². The lowest BCUT2D eigenvalue weighted by atomic mass is 10.2. The van der Waals surface area contributed by atoms with Crippen LogP contribution in [0, 0.1) is 11.6 Å². The molecule has 2 N–H and O–H groups in total. The smallest absolute Gasteiger partial charge is 0.219 e. The molecule has 0 fully saturated rings. The molecule has 0 aliphatic rings. The van der Waals surface area contributed by atoms with Gasteiger partial charge in [0.15, 0.2) is 17.4 Å². The van der Waals surface area contributed by atoms with E-state index in [0.717, 1.165) is 0 Å². The van der Waals surface area contributed by atoms with Gasteiger partial charge in [-0.05, 0) is 31.2 Å². The highest BCUT2D eigenvalue weighted by Gasteiger charge is 2.12. The molecule has 0 aliphatic heterocycles. The summed E-state index contributed by atoms with van der Waals surface area (Å²) in [6.07, 6.45) is 0.661. The van der Waals surface area contributed by atoms with E-state index >= 15 is 0 Å². The van der Waals surface area contributed by atoms with Crippen LogP contribution in [0.3, 0.4) is 0 Å². The minimum Gasteiger partial charge on any atom is -0.488 e. The molecule has 1 rings (SSSR count). The van der Waals surface area contributed by atoms with E-state index in [1.54, 1.807) is 7.05 Å². The lowest BCUT2D eigenvalue weighted by Crippen LogP contribution is -2.18. The van der Waals surface area contributed by atoms with Crippen LogP contribution < -0.4 is 15.4 Å². The minimum absolute atomic E-state index is 0.0899. The lowest BCUT2D eigenvalue weighted by Gasteiger charge is -2.10. The van der Waals surface area contributed by atoms with Crippen LogP contribution >= 0.6 is 0 Å². The van der Waals surface area contributed by atoms with Gasteiger partial charge in [-0.15, -0.1) is 0 Å². The Balaban J connectivity index is 2.56. The molecule has 0 aromatic heterocycles. The highest BCUT2D eigenvalue weighted by Crippen LogP contribution is 2.23. The summed E-state index contributed by atoms with van der Waals surface area (Å²) < 4.78 is 32.3. The van der Waals surface area contributed by atoms with Crippen LogP contribution in [0.25, 0.3) is 0 Å². The third-order valence-electron chi connectivity index (χ3n) is 2.51. The summed E-state index contributed by atoms with van der Waals surface area (Å²) in [5.74, 6) is -1.99. The van der Waals surface area contributed by atoms with E-state index in [1.165, 1.54) is 19.2 Å². The molecule has 1 aromatic carbocycles. The summed E-state index contributed by atoms with van der Waals surface area (Å²) in [6, 6.07) is 2.46. The van der Waals surface area contributed by atoms with Crippen LogP contribution in [0.2, 0.25) is 0 Å². The summed E-state index contributed by atoms with van der Waals surface area (Å²) >= 11 is 0. The first-order valence-electron chi connectivity index (χ1n) is 6.04. The van der Waals surface area contributed by atoms with Crippen LogP contribution in [0.4, 0.5) is 8.78 Å². The number of carbonyl (C=O) groups is 1. The first-order chi connectivity index (χ1) is 9.08. The normalized spacial score (nSPS) is 10.3. The van der Waals surface area contributed by atoms with Gasteiger partial charge in [-0.2, -0.15) is 0 Å². The van der Waals surface area contributed by atoms with Crippen LogP contribution in [-0.2, 0) is 11.3 Å². The van der Waals surface area contributed by atoms with E-state index < -0.39 is 17.4 Å². The lowest BCUT2D eigenvalue weighted by molar-refractivity contribution is -0.120. The third kappa shape index (κ3) is 4.82. The fourth-order valence-corrected chi connectivity index (χ4v) is 1.59. The van der Waals surface area contributed by atoms with Gasteiger partial charge < -0.3 is 15.4 Å². The van der Waals surface area contributed by atoms with Gasteiger partial charge >= 0.3 is 0 Å². The molecule has 0 radical (unpaired) electrons. The molecule has 0 unspecified atom stereocenters. The fraction of sp³-hybridized carbons (Fsp3) is 0.462. The standard InChI is InChI=1S/C13H18F2N2O2/c1-16-8-9-6-10(14)13(11(15)7-9)19-5-3-4-12(18)17-2/h6-7,16H,3-5,8H2,1-2H3,(H,17,18). The Bertz CT molecular complexity index is 416. The minimum atomic E-state index is -0.731. The number of ether oxygens (including phenoxy) is 1. The molecule has 0 aliphatic carbocycles. The maximum Gasteiger partial charge on any atom is 0.219 e. The Labute approximate surface area is 111 Å². The van der Waals surface area contributed by atoms with Crippen molar-refractivity contribution in [3.63, 3.8) is 0 Å². The van der Waals surface area contributed by atoms with E-state index in [2.05, 4.69) is 10.6 Å². The summed E-state index contributed by atoms with van der Waals surface area (Å²) in [7, 11) is 3.22. The predicted molar refractivity (Wildman–Crippen MR) is 67.9 cm³/mol. The van der Waals surface area contributed by atoms with Crippen LogP contribution in [0.15, 0.2) is 12.1 Å². The molecule has 19 heavy (non-hydrogen) atoms. The summed E-state index contributed by atoms with van der Waals surface area (Å²) in [6.45, 7) is 0.470. The monoisotopic (exact) mass is 272 g/mol. The highest BCUT2D eigenvalue weighted by atomic mass is 19.1. The van der Waals surface area contributed by atoms with Crippen molar-refractivity contribution in [3.05, 3.63) is 29.3 Å². The number of carbonyl (C=O) groups excluding carboxylic acids is 1. The Kier molecular flexibility index (Phi) is 6.21. The van der Waals surface area contributed by atoms with E-state index in [9.17, 15) is 13.6 Å². The van der Waals surface area contributed by atoms with Gasteiger partial charge in [-0.1, -0.05) is 0 Å². The number of nitrogens with one attached hydrogen (secondary N) is 2. The van der Waals surface area contributed by atoms with E-state index in [-0.39, 0.29) is 18.9 Å². The third-order valence-corrected chi connectivity index (χ3v) is 2.51. The van der Waals surface area contributed by atoms with Gasteiger partial charge in [0.05, 0.1) is 6.61 Å². The number of halogens is 2. The maximum atomic E-state index is 13.6. The SMILES string of the molecule is CNCc1cc(F)c(OCCCC(=O)NC)c(F)c1. The Morgan fingerprint density at radius 3 is 2.42 bits per heavy atom. The molecular formula is C13H18F2N2O2. The van der Waals surface area contributed by atoms with Gasteiger partial charge in [0, 0.05) is 20.0 Å². The van der Waals surface area contributed by atoms with Gasteiger partial charge in [0.1, 0.15) is 0 Å². The van der Waals surface area contributed by atoms with Crippen LogP contribution in [0.5, 0.6) is 5.75 Å². The van der Waals surface area contributed by atoms with Crippen molar-refractivity contribution in [2.45, 2.75) is 19.4 Å². The number of amides is 1. The molecule has 0 heterocycles. The van der Waals surface area contributed by atoms with Crippen molar-refractivity contribution >= 4 is 5.91 Å². The van der Waals surface area contributed by atoms with Gasteiger partial charge in [-0.25, -0.2) is 8.78 Å². The Hall–Kier alpha value is -1.69. The molecule has 0 saturated heterocycles. The van der Waals surface area contributed by atoms with Crippen molar-refractivity contribution in [3.8, 4) is 5.75 Å². The van der Waals surface area contributed by atoms with Crippen molar-refractivity contribution in [1.82, 2.24) is 10.6 Å². The number of benzene rings is 1. The Morgan fingerprint density at radius 1 is 1.26 bits per heavy atom. The van der Waals surface area contributed by atoms with Gasteiger partial charge in [0.2, 0.25) is 5.91 Å². The zero-order valence-corrected chi connectivity index (χ0v) is 11.1. The zero-order chi connectivity index (χ0) is 14.3. The largest absolute Gasteiger partial charge is 0.488 e. The molecule has 0 spiro atoms. The molecule has 4 nitrogen and oxygen atoms in total. The molecular weight excluding hydrogens is 254 g/mol. The van der Waals surface area contributed by atoms with Crippen molar-refractivity contribution in [2.75, 3.05) is 20.7 Å². The molecule has 0 saturated carbocycles. The van der Waals surface area contributed by atoms with Crippen LogP contribution in [-0.4, -0.2) is 26.6 Å². The van der Waals surface area contributed by atoms with E-state index in [1.807, 2.05) is 0 Å². The topological polar surface area (TPSA) is 50.4 Å². The summed E-state index contributed by atoms with van der Waals surface area (Å²) in [5, 5.41) is 5.27. The number of hydrogen-bond acceptors (Lipinski definition) is 3. The first kappa shape index (κ1) is 15.4. The molecule has 1 aromatic rings. The number of hydrogen-bond donors (Lipinski definition) is 2. The maximum absolute atomic E-state index is 13.6. The molecule has 0 bridgehead atoms. The van der Waals surface area contributed by atoms with Crippen molar-refractivity contribution in [2.24, 2.45) is 0 Å². The second kappa shape index (κ2) is 7.68. The predicted octanol–water partition coefficient (Wildman–Crippen LogP) is 1.59. The number of rotatable bonds is 7. The summed E-state index contributed by atoms with van der Waals surface area (Å²) in [4.78, 5) is 11.0. The molecule has 6 heteroatoms. The fourth-order valence-electron chi connectivity index (χ4n) is 1.59. The van der Waals surface area contributed by atoms with Crippen molar-refractivity contribution in [1.29, 1.82) is 0 Å². The van der Waals surface area contributed by atoms with Crippen LogP contribution in [0.1, 0.15) is 18.4 Å². The summed E-state index contributed by atoms with van der Waals surface area (Å²) in [5.41, 5.74) is 0.509. The second-order valence-electron chi connectivity index (χ2n) is 4.04. The van der Waals surface area contributed by atoms with Crippen molar-refractivity contribution < 1.29 is 18.3 Å².